The predicted molar refractivity (Wildman–Crippen MR) is 98.5 cm³/mol. The molecule has 2 aromatic rings. The van der Waals surface area contributed by atoms with Crippen LogP contribution < -0.4 is 10.2 Å². The van der Waals surface area contributed by atoms with E-state index in [1.54, 1.807) is 11.8 Å². The van der Waals surface area contributed by atoms with Crippen LogP contribution in [0.5, 0.6) is 0 Å². The second-order valence-electron chi connectivity index (χ2n) is 6.30. The van der Waals surface area contributed by atoms with E-state index in [9.17, 15) is 13.6 Å². The van der Waals surface area contributed by atoms with Crippen molar-refractivity contribution in [3.63, 3.8) is 0 Å². The molecule has 26 heavy (non-hydrogen) atoms. The number of anilines is 1. The van der Waals surface area contributed by atoms with E-state index in [2.05, 4.69) is 10.2 Å². The van der Waals surface area contributed by atoms with Gasteiger partial charge in [0.05, 0.1) is 6.04 Å². The number of benzene rings is 2. The van der Waals surface area contributed by atoms with Gasteiger partial charge in [0.15, 0.2) is 11.6 Å². The average molecular weight is 380 g/mol. The Kier molecular flexibility index (Phi) is 5.61. The Bertz CT molecular complexity index is 794. The number of urea groups is 1. The summed E-state index contributed by atoms with van der Waals surface area (Å²) in [6.07, 6.45) is 0. The molecule has 1 saturated heterocycles. The molecule has 0 aromatic heterocycles. The molecule has 2 aromatic carbocycles. The van der Waals surface area contributed by atoms with Crippen molar-refractivity contribution < 1.29 is 13.6 Å². The smallest absolute Gasteiger partial charge is 0.317 e. The largest absolute Gasteiger partial charge is 0.368 e. The summed E-state index contributed by atoms with van der Waals surface area (Å²) in [7, 11) is 0. The Morgan fingerprint density at radius 2 is 1.81 bits per heavy atom. The SMILES string of the molecule is CC(NC(=O)N1CCN(c2cccc(Cl)c2)CC1)c1ccc(F)c(F)c1. The number of carbonyl (C=O) groups is 1. The van der Waals surface area contributed by atoms with Gasteiger partial charge in [-0.05, 0) is 42.8 Å². The number of nitrogens with one attached hydrogen (secondary N) is 1. The highest BCUT2D eigenvalue weighted by Crippen LogP contribution is 2.21. The van der Waals surface area contributed by atoms with Crippen molar-refractivity contribution in [3.8, 4) is 0 Å². The van der Waals surface area contributed by atoms with Crippen molar-refractivity contribution in [2.45, 2.75) is 13.0 Å². The van der Waals surface area contributed by atoms with Gasteiger partial charge in [-0.25, -0.2) is 13.6 Å². The molecule has 1 aliphatic rings. The van der Waals surface area contributed by atoms with Crippen LogP contribution in [0.1, 0.15) is 18.5 Å². The first-order chi connectivity index (χ1) is 12.4. The Hall–Kier alpha value is -2.34. The Labute approximate surface area is 156 Å². The highest BCUT2D eigenvalue weighted by Gasteiger charge is 2.23. The third-order valence-electron chi connectivity index (χ3n) is 4.52. The number of hydrogen-bond donors (Lipinski definition) is 1. The zero-order valence-corrected chi connectivity index (χ0v) is 15.1. The Balaban J connectivity index is 1.55. The zero-order valence-electron chi connectivity index (χ0n) is 14.4. The lowest BCUT2D eigenvalue weighted by Crippen LogP contribution is -2.52. The molecule has 2 amide bonds. The van der Waals surface area contributed by atoms with Crippen LogP contribution in [-0.2, 0) is 0 Å². The van der Waals surface area contributed by atoms with Gasteiger partial charge in [-0.15, -0.1) is 0 Å². The van der Waals surface area contributed by atoms with Gasteiger partial charge in [0.1, 0.15) is 0 Å². The van der Waals surface area contributed by atoms with Gasteiger partial charge in [-0.2, -0.15) is 0 Å². The lowest BCUT2D eigenvalue weighted by molar-refractivity contribution is 0.191. The summed E-state index contributed by atoms with van der Waals surface area (Å²) in [6, 6.07) is 10.6. The van der Waals surface area contributed by atoms with E-state index in [-0.39, 0.29) is 6.03 Å². The van der Waals surface area contributed by atoms with Crippen LogP contribution in [0.2, 0.25) is 5.02 Å². The van der Waals surface area contributed by atoms with Crippen molar-refractivity contribution >= 4 is 23.3 Å². The van der Waals surface area contributed by atoms with Gasteiger partial charge < -0.3 is 15.1 Å². The van der Waals surface area contributed by atoms with Crippen LogP contribution in [0, 0.1) is 11.6 Å². The molecular weight excluding hydrogens is 360 g/mol. The van der Waals surface area contributed by atoms with Crippen molar-refractivity contribution in [3.05, 3.63) is 64.7 Å². The molecule has 0 aliphatic carbocycles. The summed E-state index contributed by atoms with van der Waals surface area (Å²) in [4.78, 5) is 16.3. The van der Waals surface area contributed by atoms with E-state index in [0.717, 1.165) is 17.8 Å². The molecule has 3 rings (SSSR count). The molecule has 4 nitrogen and oxygen atoms in total. The Morgan fingerprint density at radius 3 is 2.46 bits per heavy atom. The molecule has 0 bridgehead atoms. The molecule has 1 atom stereocenters. The summed E-state index contributed by atoms with van der Waals surface area (Å²) >= 11 is 6.03. The standard InChI is InChI=1S/C19H20ClF2N3O/c1-13(14-5-6-17(21)18(22)11-14)23-19(26)25-9-7-24(8-10-25)16-4-2-3-15(20)12-16/h2-6,11-13H,7-10H2,1H3,(H,23,26). The molecule has 1 aliphatic heterocycles. The summed E-state index contributed by atoms with van der Waals surface area (Å²) in [5, 5.41) is 3.52. The maximum Gasteiger partial charge on any atom is 0.317 e. The van der Waals surface area contributed by atoms with Crippen LogP contribution in [0.25, 0.3) is 0 Å². The molecule has 0 spiro atoms. The van der Waals surface area contributed by atoms with Crippen LogP contribution in [0.3, 0.4) is 0 Å². The maximum atomic E-state index is 13.4. The van der Waals surface area contributed by atoms with E-state index >= 15 is 0 Å². The van der Waals surface area contributed by atoms with Crippen LogP contribution >= 0.6 is 11.6 Å². The number of piperazine rings is 1. The van der Waals surface area contributed by atoms with Crippen molar-refractivity contribution in [2.24, 2.45) is 0 Å². The first-order valence-corrected chi connectivity index (χ1v) is 8.83. The topological polar surface area (TPSA) is 35.6 Å². The molecule has 7 heteroatoms. The zero-order chi connectivity index (χ0) is 18.7. The summed E-state index contributed by atoms with van der Waals surface area (Å²) < 4.78 is 26.4. The quantitative estimate of drug-likeness (QED) is 0.867. The second-order valence-corrected chi connectivity index (χ2v) is 6.74. The minimum Gasteiger partial charge on any atom is -0.368 e. The van der Waals surface area contributed by atoms with Crippen LogP contribution in [0.15, 0.2) is 42.5 Å². The first kappa shape index (κ1) is 18.5. The van der Waals surface area contributed by atoms with Gasteiger partial charge in [-0.3, -0.25) is 0 Å². The minimum atomic E-state index is -0.918. The van der Waals surface area contributed by atoms with Crippen molar-refractivity contribution in [1.82, 2.24) is 10.2 Å². The first-order valence-electron chi connectivity index (χ1n) is 8.45. The monoisotopic (exact) mass is 379 g/mol. The second kappa shape index (κ2) is 7.91. The third kappa shape index (κ3) is 4.25. The predicted octanol–water partition coefficient (Wildman–Crippen LogP) is 4.21. The Morgan fingerprint density at radius 1 is 1.08 bits per heavy atom. The van der Waals surface area contributed by atoms with Crippen molar-refractivity contribution in [2.75, 3.05) is 31.1 Å². The molecule has 0 radical (unpaired) electrons. The number of halogens is 3. The van der Waals surface area contributed by atoms with Gasteiger partial charge in [0.2, 0.25) is 0 Å². The van der Waals surface area contributed by atoms with Crippen LogP contribution in [-0.4, -0.2) is 37.1 Å². The highest BCUT2D eigenvalue weighted by atomic mass is 35.5. The molecule has 0 saturated carbocycles. The number of rotatable bonds is 3. The van der Waals surface area contributed by atoms with Gasteiger partial charge in [0, 0.05) is 36.9 Å². The van der Waals surface area contributed by atoms with Gasteiger partial charge in [0.25, 0.3) is 0 Å². The fraction of sp³-hybridized carbons (Fsp3) is 0.316. The van der Waals surface area contributed by atoms with Gasteiger partial charge >= 0.3 is 6.03 Å². The molecule has 1 N–H and O–H groups in total. The minimum absolute atomic E-state index is 0.215. The molecule has 1 fully saturated rings. The van der Waals surface area contributed by atoms with E-state index in [0.29, 0.717) is 36.8 Å². The van der Waals surface area contributed by atoms with E-state index in [1.807, 2.05) is 24.3 Å². The highest BCUT2D eigenvalue weighted by molar-refractivity contribution is 6.30. The number of amides is 2. The van der Waals surface area contributed by atoms with Crippen LogP contribution in [0.4, 0.5) is 19.3 Å². The molecule has 1 unspecified atom stereocenters. The fourth-order valence-electron chi connectivity index (χ4n) is 2.98. The van der Waals surface area contributed by atoms with Crippen molar-refractivity contribution in [1.29, 1.82) is 0 Å². The fourth-order valence-corrected chi connectivity index (χ4v) is 3.17. The normalized spacial score (nSPS) is 15.7. The third-order valence-corrected chi connectivity index (χ3v) is 4.76. The van der Waals surface area contributed by atoms with E-state index in [1.165, 1.54) is 6.07 Å². The molecule has 138 valence electrons. The number of hydrogen-bond acceptors (Lipinski definition) is 2. The lowest BCUT2D eigenvalue weighted by atomic mass is 10.1. The molecular formula is C19H20ClF2N3O. The van der Waals surface area contributed by atoms with E-state index < -0.39 is 17.7 Å². The average Bonchev–Trinajstić information content (AvgIpc) is 2.64. The van der Waals surface area contributed by atoms with E-state index in [4.69, 9.17) is 11.6 Å². The van der Waals surface area contributed by atoms with Gasteiger partial charge in [-0.1, -0.05) is 23.7 Å². The molecule has 1 heterocycles. The number of nitrogens with zero attached hydrogens (tertiary/aromatic N) is 2. The summed E-state index contributed by atoms with van der Waals surface area (Å²) in [5.74, 6) is -1.82. The summed E-state index contributed by atoms with van der Waals surface area (Å²) in [6.45, 7) is 4.29. The lowest BCUT2D eigenvalue weighted by Gasteiger charge is -2.36. The summed E-state index contributed by atoms with van der Waals surface area (Å²) in [5.41, 5.74) is 1.56. The number of carbonyl (C=O) groups excluding carboxylic acids is 1. The maximum absolute atomic E-state index is 13.4.